The Labute approximate surface area is 212 Å². The molecule has 1 N–H and O–H groups in total. The highest BCUT2D eigenvalue weighted by Gasteiger charge is 2.34. The smallest absolute Gasteiger partial charge is 0.337 e. The van der Waals surface area contributed by atoms with Crippen molar-refractivity contribution >= 4 is 17.4 Å². The zero-order valence-electron chi connectivity index (χ0n) is 22.9. The van der Waals surface area contributed by atoms with Crippen LogP contribution in [0.2, 0.25) is 0 Å². The van der Waals surface area contributed by atoms with E-state index in [0.29, 0.717) is 11.1 Å². The number of aromatic nitrogens is 2. The lowest BCUT2D eigenvalue weighted by Crippen LogP contribution is -2.38. The summed E-state index contributed by atoms with van der Waals surface area (Å²) in [5, 5.41) is 15.2. The summed E-state index contributed by atoms with van der Waals surface area (Å²) in [6, 6.07) is 2.10. The molecule has 0 spiro atoms. The Morgan fingerprint density at radius 3 is 2.29 bits per heavy atom. The van der Waals surface area contributed by atoms with Crippen molar-refractivity contribution in [3.8, 4) is 0 Å². The van der Waals surface area contributed by atoms with Crippen molar-refractivity contribution < 1.29 is 14.6 Å². The normalized spacial score (nSPS) is 18.0. The quantitative estimate of drug-likeness (QED) is 0.430. The van der Waals surface area contributed by atoms with Crippen LogP contribution in [0, 0.1) is 6.92 Å². The minimum Gasteiger partial charge on any atom is -0.479 e. The van der Waals surface area contributed by atoms with Crippen molar-refractivity contribution in [1.82, 2.24) is 14.7 Å². The third-order valence-corrected chi connectivity index (χ3v) is 6.00. The second kappa shape index (κ2) is 12.9. The predicted octanol–water partition coefficient (Wildman–Crippen LogP) is 6.84. The molecule has 2 aliphatic rings. The van der Waals surface area contributed by atoms with E-state index in [2.05, 4.69) is 35.8 Å². The number of aryl methyl sites for hydroxylation is 1. The number of ether oxygens (including phenoxy) is 1. The summed E-state index contributed by atoms with van der Waals surface area (Å²) in [7, 11) is 0. The van der Waals surface area contributed by atoms with Crippen LogP contribution in [0.3, 0.4) is 0 Å². The highest BCUT2D eigenvalue weighted by Crippen LogP contribution is 2.32. The number of hydrogen-bond donors (Lipinski definition) is 1. The van der Waals surface area contributed by atoms with Gasteiger partial charge in [0.2, 0.25) is 0 Å². The molecule has 35 heavy (non-hydrogen) atoms. The molecule has 2 heterocycles. The van der Waals surface area contributed by atoms with Crippen LogP contribution in [0.1, 0.15) is 91.5 Å². The third-order valence-electron chi connectivity index (χ3n) is 6.00. The van der Waals surface area contributed by atoms with Crippen LogP contribution in [0.25, 0.3) is 11.4 Å². The number of hydrogen-bond acceptors (Lipinski definition) is 4. The van der Waals surface area contributed by atoms with Crippen LogP contribution in [0.5, 0.6) is 0 Å². The number of aliphatic carboxylic acids is 1. The van der Waals surface area contributed by atoms with Gasteiger partial charge in [0.05, 0.1) is 11.3 Å². The number of carboxylic acids is 1. The number of carboxylic acid groups (broad SMARTS) is 1. The van der Waals surface area contributed by atoms with Gasteiger partial charge in [0.25, 0.3) is 0 Å². The average Bonchev–Trinajstić information content (AvgIpc) is 3.00. The fourth-order valence-corrected chi connectivity index (χ4v) is 4.48. The first-order valence-electron chi connectivity index (χ1n) is 13.1. The predicted molar refractivity (Wildman–Crippen MR) is 145 cm³/mol. The third kappa shape index (κ3) is 7.69. The van der Waals surface area contributed by atoms with Crippen molar-refractivity contribution in [2.75, 3.05) is 13.1 Å². The molecule has 1 atom stereocenters. The van der Waals surface area contributed by atoms with Gasteiger partial charge in [0.15, 0.2) is 6.10 Å². The van der Waals surface area contributed by atoms with E-state index in [4.69, 9.17) is 9.84 Å². The molecule has 0 saturated carbocycles. The summed E-state index contributed by atoms with van der Waals surface area (Å²) in [5.41, 5.74) is 3.76. The van der Waals surface area contributed by atoms with Gasteiger partial charge in [-0.3, -0.25) is 0 Å². The molecular weight excluding hydrogens is 438 g/mol. The maximum absolute atomic E-state index is 12.5. The van der Waals surface area contributed by atoms with Crippen LogP contribution in [-0.2, 0) is 9.53 Å². The molecule has 3 rings (SSSR count). The first-order chi connectivity index (χ1) is 16.6. The molecule has 1 aromatic rings. The molecule has 1 aliphatic heterocycles. The summed E-state index contributed by atoms with van der Waals surface area (Å²) in [6.45, 7) is 19.4. The molecule has 0 aromatic carbocycles. The summed E-state index contributed by atoms with van der Waals surface area (Å²) >= 11 is 0. The Morgan fingerprint density at radius 2 is 1.80 bits per heavy atom. The first kappa shape index (κ1) is 28.6. The van der Waals surface area contributed by atoms with Gasteiger partial charge in [-0.05, 0) is 77.5 Å². The van der Waals surface area contributed by atoms with Gasteiger partial charge in [0.1, 0.15) is 5.82 Å². The van der Waals surface area contributed by atoms with Crippen LogP contribution in [0.4, 0.5) is 0 Å². The highest BCUT2D eigenvalue weighted by atomic mass is 16.5. The second-order valence-electron chi connectivity index (χ2n) is 10.1. The maximum Gasteiger partial charge on any atom is 0.337 e. The molecule has 1 aliphatic carbocycles. The zero-order chi connectivity index (χ0) is 26.2. The van der Waals surface area contributed by atoms with Gasteiger partial charge in [-0.15, -0.1) is 0 Å². The molecule has 0 radical (unpaired) electrons. The van der Waals surface area contributed by atoms with Crippen LogP contribution < -0.4 is 0 Å². The van der Waals surface area contributed by atoms with Gasteiger partial charge >= 0.3 is 5.97 Å². The molecule has 194 valence electrons. The fourth-order valence-electron chi connectivity index (χ4n) is 4.48. The van der Waals surface area contributed by atoms with Crippen molar-refractivity contribution in [1.29, 1.82) is 0 Å². The first-order valence-corrected chi connectivity index (χ1v) is 13.1. The van der Waals surface area contributed by atoms with Gasteiger partial charge in [0, 0.05) is 24.4 Å². The monoisotopic (exact) mass is 483 g/mol. The van der Waals surface area contributed by atoms with Crippen LogP contribution in [-0.4, -0.2) is 50.6 Å². The molecular formula is C29H45N3O3. The summed E-state index contributed by atoms with van der Waals surface area (Å²) in [6.07, 6.45) is 11.7. The number of nitrogens with zero attached hydrogens (tertiary/aromatic N) is 3. The maximum atomic E-state index is 12.5. The van der Waals surface area contributed by atoms with E-state index in [-0.39, 0.29) is 0 Å². The molecule has 1 fully saturated rings. The minimum atomic E-state index is -1.13. The van der Waals surface area contributed by atoms with Gasteiger partial charge in [-0.2, -0.15) is 5.10 Å². The van der Waals surface area contributed by atoms with Crippen molar-refractivity contribution in [2.24, 2.45) is 0 Å². The number of likely N-dealkylation sites (tertiary alicyclic amines) is 1. The van der Waals surface area contributed by atoms with Gasteiger partial charge in [-0.1, -0.05) is 51.5 Å². The summed E-state index contributed by atoms with van der Waals surface area (Å²) in [4.78, 5) is 14.8. The van der Waals surface area contributed by atoms with E-state index < -0.39 is 17.7 Å². The summed E-state index contributed by atoms with van der Waals surface area (Å²) in [5.74, 6) is -0.225. The molecule has 6 nitrogen and oxygen atoms in total. The van der Waals surface area contributed by atoms with Crippen LogP contribution >= 0.6 is 0 Å². The molecule has 1 unspecified atom stereocenters. The Hall–Kier alpha value is -2.60. The van der Waals surface area contributed by atoms with Gasteiger partial charge < -0.3 is 14.7 Å². The lowest BCUT2D eigenvalue weighted by Gasteiger charge is -2.33. The molecule has 0 bridgehead atoms. The lowest BCUT2D eigenvalue weighted by atomic mass is 10.0. The Bertz CT molecular complexity index is 968. The van der Waals surface area contributed by atoms with E-state index >= 15 is 0 Å². The molecule has 0 amide bonds. The summed E-state index contributed by atoms with van der Waals surface area (Å²) < 4.78 is 8.03. The molecule has 6 heteroatoms. The largest absolute Gasteiger partial charge is 0.479 e. The van der Waals surface area contributed by atoms with Crippen molar-refractivity contribution in [3.63, 3.8) is 0 Å². The van der Waals surface area contributed by atoms with Crippen molar-refractivity contribution in [2.45, 2.75) is 98.7 Å². The van der Waals surface area contributed by atoms with E-state index in [1.165, 1.54) is 18.4 Å². The van der Waals surface area contributed by atoms with Crippen LogP contribution in [0.15, 0.2) is 42.0 Å². The zero-order valence-corrected chi connectivity index (χ0v) is 22.9. The Balaban J connectivity index is 0.00000210. The average molecular weight is 484 g/mol. The van der Waals surface area contributed by atoms with Gasteiger partial charge in [-0.25, -0.2) is 9.48 Å². The molecule has 1 saturated heterocycles. The van der Waals surface area contributed by atoms with E-state index in [0.717, 1.165) is 56.0 Å². The molecule has 1 aromatic heterocycles. The Kier molecular flexibility index (Phi) is 10.6. The number of rotatable bonds is 7. The Morgan fingerprint density at radius 1 is 1.17 bits per heavy atom. The van der Waals surface area contributed by atoms with E-state index in [1.807, 2.05) is 53.1 Å². The van der Waals surface area contributed by atoms with E-state index in [9.17, 15) is 9.90 Å². The number of allylic oxidation sites excluding steroid dienone is 4. The standard InChI is InChI=1S/C27H39N3O3.C2H6/c1-19(2)23(24(26(31)32)33-27(4,5)6)25(29-16-12-7-8-13-17-29)30-20(3)18-22(28-30)21-14-10-9-11-15-21;1-2/h9-10,14,18,24H,1,7-8,11-13,15-17H2,2-6H3,(H,31,32);1-2H3/b25-23+;. The van der Waals surface area contributed by atoms with E-state index in [1.54, 1.807) is 0 Å². The topological polar surface area (TPSA) is 67.6 Å². The fraction of sp³-hybridized carbons (Fsp3) is 0.586. The highest BCUT2D eigenvalue weighted by molar-refractivity contribution is 5.81. The number of carbonyl (C=O) groups is 1. The lowest BCUT2D eigenvalue weighted by molar-refractivity contribution is -0.155. The minimum absolute atomic E-state index is 0.592. The second-order valence-corrected chi connectivity index (χ2v) is 10.1. The van der Waals surface area contributed by atoms with Crippen molar-refractivity contribution in [3.05, 3.63) is 53.4 Å². The SMILES string of the molecule is C=C(C)/C(=C(/N1CCCCCC1)n1nc(C2=CC=CCC2)cc1C)C(OC(C)(C)C)C(=O)O.CC.